The number of amides is 1. The van der Waals surface area contributed by atoms with Gasteiger partial charge in [0, 0.05) is 18.0 Å². The molecule has 18 heavy (non-hydrogen) atoms. The molecule has 1 aliphatic carbocycles. The van der Waals surface area contributed by atoms with Crippen molar-refractivity contribution in [2.24, 2.45) is 11.7 Å². The van der Waals surface area contributed by atoms with Crippen molar-refractivity contribution in [3.8, 4) is 0 Å². The van der Waals surface area contributed by atoms with Crippen molar-refractivity contribution in [3.63, 3.8) is 0 Å². The third-order valence-electron chi connectivity index (χ3n) is 3.15. The maximum Gasteiger partial charge on any atom is 0.393 e. The van der Waals surface area contributed by atoms with Crippen LogP contribution in [0.15, 0.2) is 0 Å². The average molecular weight is 266 g/mol. The molecule has 0 heterocycles. The molecule has 0 aliphatic heterocycles. The van der Waals surface area contributed by atoms with E-state index >= 15 is 0 Å². The first-order chi connectivity index (χ1) is 8.09. The Kier molecular flexibility index (Phi) is 4.64. The SMILES string of the molecule is CC(C)(N)CC(=O)NC1CCCCC1C(F)(F)F. The number of rotatable bonds is 3. The molecule has 6 heteroatoms. The first kappa shape index (κ1) is 15.3. The van der Waals surface area contributed by atoms with E-state index in [-0.39, 0.29) is 12.8 Å². The topological polar surface area (TPSA) is 55.1 Å². The van der Waals surface area contributed by atoms with Crippen molar-refractivity contribution in [1.29, 1.82) is 0 Å². The van der Waals surface area contributed by atoms with E-state index in [2.05, 4.69) is 5.32 Å². The number of carbonyl (C=O) groups excluding carboxylic acids is 1. The summed E-state index contributed by atoms with van der Waals surface area (Å²) in [6.45, 7) is 3.35. The molecule has 0 bridgehead atoms. The van der Waals surface area contributed by atoms with E-state index in [0.29, 0.717) is 12.8 Å². The van der Waals surface area contributed by atoms with Crippen molar-refractivity contribution in [3.05, 3.63) is 0 Å². The summed E-state index contributed by atoms with van der Waals surface area (Å²) in [6.07, 6.45) is -2.42. The molecule has 1 fully saturated rings. The van der Waals surface area contributed by atoms with Gasteiger partial charge in [-0.05, 0) is 26.7 Å². The van der Waals surface area contributed by atoms with Crippen molar-refractivity contribution in [2.75, 3.05) is 0 Å². The maximum atomic E-state index is 12.8. The summed E-state index contributed by atoms with van der Waals surface area (Å²) in [5.74, 6) is -1.82. The van der Waals surface area contributed by atoms with Gasteiger partial charge in [-0.1, -0.05) is 12.8 Å². The van der Waals surface area contributed by atoms with Gasteiger partial charge in [0.2, 0.25) is 5.91 Å². The van der Waals surface area contributed by atoms with Gasteiger partial charge in [0.05, 0.1) is 5.92 Å². The van der Waals surface area contributed by atoms with Crippen LogP contribution in [0.2, 0.25) is 0 Å². The highest BCUT2D eigenvalue weighted by atomic mass is 19.4. The van der Waals surface area contributed by atoms with Gasteiger partial charge in [0.1, 0.15) is 0 Å². The fraction of sp³-hybridized carbons (Fsp3) is 0.917. The Morgan fingerprint density at radius 2 is 1.83 bits per heavy atom. The molecule has 2 atom stereocenters. The smallest absolute Gasteiger partial charge is 0.353 e. The highest BCUT2D eigenvalue weighted by molar-refractivity contribution is 5.77. The van der Waals surface area contributed by atoms with Crippen LogP contribution in [0.4, 0.5) is 13.2 Å². The van der Waals surface area contributed by atoms with Gasteiger partial charge in [0.15, 0.2) is 0 Å². The molecule has 0 saturated heterocycles. The van der Waals surface area contributed by atoms with Crippen LogP contribution in [0.5, 0.6) is 0 Å². The zero-order valence-electron chi connectivity index (χ0n) is 10.8. The quantitative estimate of drug-likeness (QED) is 0.824. The molecule has 1 saturated carbocycles. The first-order valence-corrected chi connectivity index (χ1v) is 6.24. The van der Waals surface area contributed by atoms with E-state index in [1.807, 2.05) is 0 Å². The minimum absolute atomic E-state index is 0.0358. The van der Waals surface area contributed by atoms with Crippen LogP contribution in [-0.2, 0) is 4.79 Å². The normalized spacial score (nSPS) is 25.9. The van der Waals surface area contributed by atoms with E-state index in [9.17, 15) is 18.0 Å². The van der Waals surface area contributed by atoms with Crippen LogP contribution in [0, 0.1) is 5.92 Å². The number of halogens is 3. The lowest BCUT2D eigenvalue weighted by Gasteiger charge is -2.34. The van der Waals surface area contributed by atoms with Crippen LogP contribution >= 0.6 is 0 Å². The summed E-state index contributed by atoms with van der Waals surface area (Å²) in [7, 11) is 0. The summed E-state index contributed by atoms with van der Waals surface area (Å²) in [5.41, 5.74) is 4.98. The van der Waals surface area contributed by atoms with Gasteiger partial charge >= 0.3 is 6.18 Å². The molecule has 0 aromatic rings. The Balaban J connectivity index is 2.60. The molecule has 106 valence electrons. The molecular weight excluding hydrogens is 245 g/mol. The van der Waals surface area contributed by atoms with E-state index in [4.69, 9.17) is 5.73 Å². The molecule has 2 unspecified atom stereocenters. The van der Waals surface area contributed by atoms with Gasteiger partial charge in [-0.15, -0.1) is 0 Å². The molecule has 3 N–H and O–H groups in total. The van der Waals surface area contributed by atoms with E-state index in [0.717, 1.165) is 6.42 Å². The number of hydrogen-bond acceptors (Lipinski definition) is 2. The van der Waals surface area contributed by atoms with E-state index < -0.39 is 29.6 Å². The van der Waals surface area contributed by atoms with Gasteiger partial charge in [-0.2, -0.15) is 13.2 Å². The molecule has 1 rings (SSSR count). The highest BCUT2D eigenvalue weighted by Gasteiger charge is 2.46. The van der Waals surface area contributed by atoms with Crippen molar-refractivity contribution in [2.45, 2.75) is 63.7 Å². The predicted octanol–water partition coefficient (Wildman–Crippen LogP) is 2.35. The number of nitrogens with two attached hydrogens (primary N) is 1. The molecule has 0 radical (unpaired) electrons. The molecule has 0 aromatic carbocycles. The minimum Gasteiger partial charge on any atom is -0.353 e. The van der Waals surface area contributed by atoms with Crippen molar-refractivity contribution >= 4 is 5.91 Å². The Hall–Kier alpha value is -0.780. The van der Waals surface area contributed by atoms with Gasteiger partial charge in [-0.3, -0.25) is 4.79 Å². The lowest BCUT2D eigenvalue weighted by molar-refractivity contribution is -0.189. The third-order valence-corrected chi connectivity index (χ3v) is 3.15. The molecule has 1 amide bonds. The number of carbonyl (C=O) groups is 1. The molecule has 1 aliphatic rings. The zero-order valence-corrected chi connectivity index (χ0v) is 10.8. The lowest BCUT2D eigenvalue weighted by Crippen LogP contribution is -2.49. The number of alkyl halides is 3. The number of nitrogens with one attached hydrogen (secondary N) is 1. The standard InChI is InChI=1S/C12H21F3N2O/c1-11(2,16)7-10(18)17-9-6-4-3-5-8(9)12(13,14)15/h8-9H,3-7,16H2,1-2H3,(H,17,18). The first-order valence-electron chi connectivity index (χ1n) is 6.24. The second-order valence-electron chi connectivity index (χ2n) is 5.77. The predicted molar refractivity (Wildman–Crippen MR) is 62.8 cm³/mol. The summed E-state index contributed by atoms with van der Waals surface area (Å²) < 4.78 is 38.4. The zero-order chi connectivity index (χ0) is 14.0. The Labute approximate surface area is 105 Å². The molecule has 3 nitrogen and oxygen atoms in total. The van der Waals surface area contributed by atoms with Crippen LogP contribution in [0.1, 0.15) is 46.0 Å². The van der Waals surface area contributed by atoms with Gasteiger partial charge < -0.3 is 11.1 Å². The van der Waals surface area contributed by atoms with Gasteiger partial charge in [0.25, 0.3) is 0 Å². The van der Waals surface area contributed by atoms with Crippen LogP contribution in [-0.4, -0.2) is 23.7 Å². The molecule has 0 aromatic heterocycles. The lowest BCUT2D eigenvalue weighted by atomic mass is 9.83. The fourth-order valence-electron chi connectivity index (χ4n) is 2.37. The third kappa shape index (κ3) is 4.84. The summed E-state index contributed by atoms with van der Waals surface area (Å²) in [6, 6.07) is -0.798. The van der Waals surface area contributed by atoms with Crippen molar-refractivity contribution in [1.82, 2.24) is 5.32 Å². The average Bonchev–Trinajstić information content (AvgIpc) is 2.13. The monoisotopic (exact) mass is 266 g/mol. The van der Waals surface area contributed by atoms with Crippen LogP contribution < -0.4 is 11.1 Å². The Morgan fingerprint density at radius 3 is 2.33 bits per heavy atom. The van der Waals surface area contributed by atoms with Crippen LogP contribution in [0.25, 0.3) is 0 Å². The Bertz CT molecular complexity index is 297. The van der Waals surface area contributed by atoms with E-state index in [1.54, 1.807) is 13.8 Å². The highest BCUT2D eigenvalue weighted by Crippen LogP contribution is 2.37. The Morgan fingerprint density at radius 1 is 1.28 bits per heavy atom. The molecule has 0 spiro atoms. The fourth-order valence-corrected chi connectivity index (χ4v) is 2.37. The number of hydrogen-bond donors (Lipinski definition) is 2. The van der Waals surface area contributed by atoms with Gasteiger partial charge in [-0.25, -0.2) is 0 Å². The second kappa shape index (κ2) is 5.47. The summed E-state index contributed by atoms with van der Waals surface area (Å²) >= 11 is 0. The van der Waals surface area contributed by atoms with Crippen LogP contribution in [0.3, 0.4) is 0 Å². The largest absolute Gasteiger partial charge is 0.393 e. The summed E-state index contributed by atoms with van der Waals surface area (Å²) in [4.78, 5) is 11.6. The maximum absolute atomic E-state index is 12.8. The summed E-state index contributed by atoms with van der Waals surface area (Å²) in [5, 5.41) is 2.49. The second-order valence-corrected chi connectivity index (χ2v) is 5.77. The molecular formula is C12H21F3N2O. The van der Waals surface area contributed by atoms with Crippen molar-refractivity contribution < 1.29 is 18.0 Å². The van der Waals surface area contributed by atoms with E-state index in [1.165, 1.54) is 0 Å². The minimum atomic E-state index is -4.24.